The van der Waals surface area contributed by atoms with Crippen molar-refractivity contribution in [2.75, 3.05) is 5.32 Å². The Labute approximate surface area is 162 Å². The fourth-order valence-electron chi connectivity index (χ4n) is 2.82. The van der Waals surface area contributed by atoms with Crippen LogP contribution >= 0.6 is 11.6 Å². The average molecular weight is 383 g/mol. The summed E-state index contributed by atoms with van der Waals surface area (Å²) in [4.78, 5) is 28.9. The molecule has 2 aromatic carbocycles. The maximum atomic E-state index is 12.4. The van der Waals surface area contributed by atoms with Crippen molar-refractivity contribution >= 4 is 39.9 Å². The lowest BCUT2D eigenvalue weighted by atomic mass is 10.1. The zero-order chi connectivity index (χ0) is 19.6. The van der Waals surface area contributed by atoms with Crippen molar-refractivity contribution < 1.29 is 14.3 Å². The number of aryl methyl sites for hydroxylation is 2. The minimum Gasteiger partial charge on any atom is -0.449 e. The summed E-state index contributed by atoms with van der Waals surface area (Å²) in [6, 6.07) is 15.2. The van der Waals surface area contributed by atoms with Crippen molar-refractivity contribution in [3.05, 3.63) is 70.5 Å². The summed E-state index contributed by atoms with van der Waals surface area (Å²) in [5.41, 5.74) is 2.16. The molecule has 5 nitrogen and oxygen atoms in total. The van der Waals surface area contributed by atoms with E-state index in [1.54, 1.807) is 26.0 Å². The normalized spacial score (nSPS) is 11.9. The third-order valence-electron chi connectivity index (χ3n) is 4.17. The molecule has 1 N–H and O–H groups in total. The van der Waals surface area contributed by atoms with E-state index in [0.29, 0.717) is 16.9 Å². The van der Waals surface area contributed by atoms with Crippen LogP contribution in [0.5, 0.6) is 0 Å². The number of hydrogen-bond donors (Lipinski definition) is 1. The molecule has 1 atom stereocenters. The number of ether oxygens (including phenoxy) is 1. The highest BCUT2D eigenvalue weighted by atomic mass is 35.5. The van der Waals surface area contributed by atoms with E-state index in [-0.39, 0.29) is 10.7 Å². The quantitative estimate of drug-likeness (QED) is 0.525. The SMILES string of the molecule is Cc1cc(C)c(C(=O)O[C@@H](C)C(=O)Nc2ccc3ccccc3c2)c(Cl)n1. The third-order valence-corrected chi connectivity index (χ3v) is 4.45. The molecule has 138 valence electrons. The summed E-state index contributed by atoms with van der Waals surface area (Å²) in [5.74, 6) is -1.10. The Morgan fingerprint density at radius 3 is 2.48 bits per heavy atom. The lowest BCUT2D eigenvalue weighted by Gasteiger charge is -2.15. The topological polar surface area (TPSA) is 68.3 Å². The van der Waals surface area contributed by atoms with Gasteiger partial charge in [0, 0.05) is 11.4 Å². The van der Waals surface area contributed by atoms with Gasteiger partial charge in [0.15, 0.2) is 6.10 Å². The molecule has 0 aliphatic carbocycles. The number of esters is 1. The van der Waals surface area contributed by atoms with Crippen LogP contribution in [0.25, 0.3) is 10.8 Å². The standard InChI is InChI=1S/C21H19ClN2O3/c1-12-10-13(2)23-19(22)18(12)21(26)27-14(3)20(25)24-17-9-8-15-6-4-5-7-16(15)11-17/h4-11,14H,1-3H3,(H,24,25)/t14-/m0/s1. The van der Waals surface area contributed by atoms with Gasteiger partial charge in [0.1, 0.15) is 5.15 Å². The maximum absolute atomic E-state index is 12.4. The summed E-state index contributed by atoms with van der Waals surface area (Å²) in [6.07, 6.45) is -0.985. The van der Waals surface area contributed by atoms with Crippen molar-refractivity contribution in [3.63, 3.8) is 0 Å². The van der Waals surface area contributed by atoms with Crippen molar-refractivity contribution in [1.82, 2.24) is 4.98 Å². The molecule has 0 aliphatic rings. The molecule has 0 radical (unpaired) electrons. The first-order chi connectivity index (χ1) is 12.8. The number of anilines is 1. The van der Waals surface area contributed by atoms with Crippen molar-refractivity contribution in [1.29, 1.82) is 0 Å². The van der Waals surface area contributed by atoms with Crippen LogP contribution in [-0.2, 0) is 9.53 Å². The van der Waals surface area contributed by atoms with E-state index >= 15 is 0 Å². The van der Waals surface area contributed by atoms with Gasteiger partial charge < -0.3 is 10.1 Å². The lowest BCUT2D eigenvalue weighted by molar-refractivity contribution is -0.123. The van der Waals surface area contributed by atoms with Gasteiger partial charge in [0.2, 0.25) is 0 Å². The number of nitrogens with zero attached hydrogens (tertiary/aromatic N) is 1. The third kappa shape index (κ3) is 4.26. The average Bonchev–Trinajstić information content (AvgIpc) is 2.60. The largest absolute Gasteiger partial charge is 0.449 e. The number of pyridine rings is 1. The molecule has 0 aliphatic heterocycles. The van der Waals surface area contributed by atoms with Gasteiger partial charge in [-0.25, -0.2) is 9.78 Å². The van der Waals surface area contributed by atoms with Crippen LogP contribution in [0.15, 0.2) is 48.5 Å². The van der Waals surface area contributed by atoms with Crippen LogP contribution < -0.4 is 5.32 Å². The van der Waals surface area contributed by atoms with Crippen LogP contribution in [-0.4, -0.2) is 23.0 Å². The second-order valence-electron chi connectivity index (χ2n) is 6.35. The minimum absolute atomic E-state index is 0.0691. The summed E-state index contributed by atoms with van der Waals surface area (Å²) in [7, 11) is 0. The van der Waals surface area contributed by atoms with Gasteiger partial charge >= 0.3 is 5.97 Å². The van der Waals surface area contributed by atoms with E-state index < -0.39 is 18.0 Å². The molecule has 0 spiro atoms. The maximum Gasteiger partial charge on any atom is 0.342 e. The fourth-order valence-corrected chi connectivity index (χ4v) is 3.18. The number of rotatable bonds is 4. The fraction of sp³-hybridized carbons (Fsp3) is 0.190. The Kier molecular flexibility index (Phi) is 5.42. The first kappa shape index (κ1) is 18.9. The lowest BCUT2D eigenvalue weighted by Crippen LogP contribution is -2.30. The molecule has 1 amide bonds. The predicted molar refractivity (Wildman–Crippen MR) is 106 cm³/mol. The van der Waals surface area contributed by atoms with E-state index in [4.69, 9.17) is 16.3 Å². The molecule has 1 aromatic heterocycles. The minimum atomic E-state index is -0.985. The van der Waals surface area contributed by atoms with E-state index in [1.807, 2.05) is 36.4 Å². The van der Waals surface area contributed by atoms with E-state index in [9.17, 15) is 9.59 Å². The molecule has 3 aromatic rings. The number of nitrogens with one attached hydrogen (secondary N) is 1. The van der Waals surface area contributed by atoms with Gasteiger partial charge in [-0.2, -0.15) is 0 Å². The Morgan fingerprint density at radius 2 is 1.78 bits per heavy atom. The molecular formula is C21H19ClN2O3. The zero-order valence-corrected chi connectivity index (χ0v) is 16.0. The van der Waals surface area contributed by atoms with Crippen LogP contribution in [0.3, 0.4) is 0 Å². The molecule has 0 unspecified atom stereocenters. The second-order valence-corrected chi connectivity index (χ2v) is 6.70. The number of amides is 1. The summed E-state index contributed by atoms with van der Waals surface area (Å²) in [6.45, 7) is 5.05. The van der Waals surface area contributed by atoms with E-state index in [1.165, 1.54) is 6.92 Å². The molecule has 0 saturated carbocycles. The molecular weight excluding hydrogens is 364 g/mol. The molecule has 27 heavy (non-hydrogen) atoms. The molecule has 0 bridgehead atoms. The van der Waals surface area contributed by atoms with Crippen LogP contribution in [0.4, 0.5) is 5.69 Å². The van der Waals surface area contributed by atoms with Gasteiger partial charge in [0.05, 0.1) is 5.56 Å². The number of fused-ring (bicyclic) bond motifs is 1. The Hall–Kier alpha value is -2.92. The predicted octanol–water partition coefficient (Wildman–Crippen LogP) is 4.69. The van der Waals surface area contributed by atoms with Gasteiger partial charge in [0.25, 0.3) is 5.91 Å². The number of benzene rings is 2. The van der Waals surface area contributed by atoms with Crippen LogP contribution in [0, 0.1) is 13.8 Å². The number of carbonyl (C=O) groups is 2. The summed E-state index contributed by atoms with van der Waals surface area (Å²) >= 11 is 6.07. The first-order valence-electron chi connectivity index (χ1n) is 8.49. The van der Waals surface area contributed by atoms with Gasteiger partial charge in [-0.3, -0.25) is 4.79 Å². The molecule has 6 heteroatoms. The number of hydrogen-bond acceptors (Lipinski definition) is 4. The first-order valence-corrected chi connectivity index (χ1v) is 8.87. The smallest absolute Gasteiger partial charge is 0.342 e. The number of halogens is 1. The molecule has 0 saturated heterocycles. The Morgan fingerprint density at radius 1 is 1.07 bits per heavy atom. The zero-order valence-electron chi connectivity index (χ0n) is 15.2. The summed E-state index contributed by atoms with van der Waals surface area (Å²) < 4.78 is 5.28. The highest BCUT2D eigenvalue weighted by Gasteiger charge is 2.23. The van der Waals surface area contributed by atoms with E-state index in [0.717, 1.165) is 10.8 Å². The number of aromatic nitrogens is 1. The highest BCUT2D eigenvalue weighted by molar-refractivity contribution is 6.32. The van der Waals surface area contributed by atoms with Crippen molar-refractivity contribution in [2.45, 2.75) is 26.9 Å². The van der Waals surface area contributed by atoms with Crippen molar-refractivity contribution in [2.24, 2.45) is 0 Å². The second kappa shape index (κ2) is 7.76. The highest BCUT2D eigenvalue weighted by Crippen LogP contribution is 2.21. The molecule has 1 heterocycles. The van der Waals surface area contributed by atoms with Gasteiger partial charge in [-0.1, -0.05) is 41.9 Å². The van der Waals surface area contributed by atoms with Gasteiger partial charge in [-0.15, -0.1) is 0 Å². The monoisotopic (exact) mass is 382 g/mol. The van der Waals surface area contributed by atoms with Gasteiger partial charge in [-0.05, 0) is 55.3 Å². The molecule has 0 fully saturated rings. The van der Waals surface area contributed by atoms with Crippen LogP contribution in [0.1, 0.15) is 28.5 Å². The Bertz CT molecular complexity index is 1010. The van der Waals surface area contributed by atoms with E-state index in [2.05, 4.69) is 10.3 Å². The Balaban J connectivity index is 1.70. The summed E-state index contributed by atoms with van der Waals surface area (Å²) in [5, 5.41) is 4.92. The van der Waals surface area contributed by atoms with Crippen molar-refractivity contribution in [3.8, 4) is 0 Å². The number of carbonyl (C=O) groups excluding carboxylic acids is 2. The molecule has 3 rings (SSSR count). The van der Waals surface area contributed by atoms with Crippen LogP contribution in [0.2, 0.25) is 5.15 Å².